The number of nitrogens with one attached hydrogen (secondary N) is 1. The SMILES string of the molecule is O=S(=O)(CCBr)Nc1ccccc1. The molecule has 0 heterocycles. The first-order valence-electron chi connectivity index (χ1n) is 3.75. The van der Waals surface area contributed by atoms with Gasteiger partial charge < -0.3 is 0 Å². The zero-order valence-corrected chi connectivity index (χ0v) is 9.31. The molecule has 0 bridgehead atoms. The van der Waals surface area contributed by atoms with Crippen molar-refractivity contribution >= 4 is 31.6 Å². The quantitative estimate of drug-likeness (QED) is 0.843. The summed E-state index contributed by atoms with van der Waals surface area (Å²) >= 11 is 3.08. The summed E-state index contributed by atoms with van der Waals surface area (Å²) in [6, 6.07) is 8.83. The maximum atomic E-state index is 11.3. The molecule has 0 amide bonds. The molecule has 0 saturated carbocycles. The van der Waals surface area contributed by atoms with Gasteiger partial charge in [-0.15, -0.1) is 0 Å². The molecular weight excluding hydrogens is 254 g/mol. The third kappa shape index (κ3) is 3.78. The molecule has 3 nitrogen and oxygen atoms in total. The molecule has 72 valence electrons. The van der Waals surface area contributed by atoms with Crippen LogP contribution in [0.3, 0.4) is 0 Å². The van der Waals surface area contributed by atoms with Crippen molar-refractivity contribution in [1.29, 1.82) is 0 Å². The third-order valence-electron chi connectivity index (χ3n) is 1.39. The van der Waals surface area contributed by atoms with Gasteiger partial charge in [-0.3, -0.25) is 4.72 Å². The monoisotopic (exact) mass is 263 g/mol. The van der Waals surface area contributed by atoms with E-state index < -0.39 is 10.0 Å². The second kappa shape index (κ2) is 4.62. The van der Waals surface area contributed by atoms with Gasteiger partial charge in [-0.25, -0.2) is 8.42 Å². The summed E-state index contributed by atoms with van der Waals surface area (Å²) in [7, 11) is -3.18. The zero-order valence-electron chi connectivity index (χ0n) is 6.90. The fraction of sp³-hybridized carbons (Fsp3) is 0.250. The first-order valence-corrected chi connectivity index (χ1v) is 6.53. The third-order valence-corrected chi connectivity index (χ3v) is 3.60. The minimum absolute atomic E-state index is 0.0852. The summed E-state index contributed by atoms with van der Waals surface area (Å²) in [6.45, 7) is 0. The van der Waals surface area contributed by atoms with Crippen LogP contribution >= 0.6 is 15.9 Å². The van der Waals surface area contributed by atoms with E-state index >= 15 is 0 Å². The van der Waals surface area contributed by atoms with Crippen molar-refractivity contribution in [2.24, 2.45) is 0 Å². The molecule has 1 aromatic rings. The first-order chi connectivity index (χ1) is 6.14. The Morgan fingerprint density at radius 2 is 1.85 bits per heavy atom. The number of halogens is 1. The number of rotatable bonds is 4. The highest BCUT2D eigenvalue weighted by atomic mass is 79.9. The molecule has 0 fully saturated rings. The predicted octanol–water partition coefficient (Wildman–Crippen LogP) is 1.82. The Morgan fingerprint density at radius 1 is 1.23 bits per heavy atom. The number of hydrogen-bond acceptors (Lipinski definition) is 2. The van der Waals surface area contributed by atoms with E-state index in [0.29, 0.717) is 11.0 Å². The summed E-state index contributed by atoms with van der Waals surface area (Å²) in [5, 5.41) is 0.440. The topological polar surface area (TPSA) is 46.2 Å². The normalized spacial score (nSPS) is 11.2. The van der Waals surface area contributed by atoms with Gasteiger partial charge in [-0.2, -0.15) is 0 Å². The number of sulfonamides is 1. The molecule has 1 rings (SSSR count). The van der Waals surface area contributed by atoms with Gasteiger partial charge in [0, 0.05) is 11.0 Å². The van der Waals surface area contributed by atoms with Gasteiger partial charge in [0.2, 0.25) is 10.0 Å². The lowest BCUT2D eigenvalue weighted by molar-refractivity contribution is 0.603. The molecule has 0 aliphatic rings. The lowest BCUT2D eigenvalue weighted by atomic mass is 10.3. The Labute approximate surface area is 86.3 Å². The van der Waals surface area contributed by atoms with E-state index in [2.05, 4.69) is 20.7 Å². The number of alkyl halides is 1. The molecule has 5 heteroatoms. The van der Waals surface area contributed by atoms with Crippen LogP contribution < -0.4 is 4.72 Å². The van der Waals surface area contributed by atoms with Crippen LogP contribution in [0.4, 0.5) is 5.69 Å². The van der Waals surface area contributed by atoms with Gasteiger partial charge >= 0.3 is 0 Å². The standard InChI is InChI=1S/C8H10BrNO2S/c9-6-7-13(11,12)10-8-4-2-1-3-5-8/h1-5,10H,6-7H2. The second-order valence-corrected chi connectivity index (χ2v) is 5.11. The first kappa shape index (κ1) is 10.5. The van der Waals surface area contributed by atoms with Crippen LogP contribution in [0, 0.1) is 0 Å². The second-order valence-electron chi connectivity index (χ2n) is 2.48. The van der Waals surface area contributed by atoms with Gasteiger partial charge in [-0.05, 0) is 12.1 Å². The largest absolute Gasteiger partial charge is 0.284 e. The van der Waals surface area contributed by atoms with E-state index in [0.717, 1.165) is 0 Å². The maximum Gasteiger partial charge on any atom is 0.233 e. The number of para-hydroxylation sites is 1. The van der Waals surface area contributed by atoms with E-state index in [4.69, 9.17) is 0 Å². The van der Waals surface area contributed by atoms with Crippen molar-refractivity contribution in [2.75, 3.05) is 15.8 Å². The smallest absolute Gasteiger partial charge is 0.233 e. The fourth-order valence-corrected chi connectivity index (χ4v) is 2.92. The van der Waals surface area contributed by atoms with Crippen molar-refractivity contribution in [3.8, 4) is 0 Å². The number of benzene rings is 1. The molecular formula is C8H10BrNO2S. The lowest BCUT2D eigenvalue weighted by Crippen LogP contribution is -2.17. The summed E-state index contributed by atoms with van der Waals surface area (Å²) in [6.07, 6.45) is 0. The molecule has 13 heavy (non-hydrogen) atoms. The van der Waals surface area contributed by atoms with E-state index in [9.17, 15) is 8.42 Å². The molecule has 0 unspecified atom stereocenters. The lowest BCUT2D eigenvalue weighted by Gasteiger charge is -2.05. The Bertz CT molecular complexity index is 350. The van der Waals surface area contributed by atoms with Crippen LogP contribution in [-0.4, -0.2) is 19.5 Å². The average Bonchev–Trinajstić information content (AvgIpc) is 2.04. The van der Waals surface area contributed by atoms with Crippen molar-refractivity contribution in [3.63, 3.8) is 0 Å². The van der Waals surface area contributed by atoms with Gasteiger partial charge in [0.05, 0.1) is 5.75 Å². The van der Waals surface area contributed by atoms with Crippen LogP contribution in [-0.2, 0) is 10.0 Å². The Morgan fingerprint density at radius 3 is 2.38 bits per heavy atom. The van der Waals surface area contributed by atoms with E-state index in [1.165, 1.54) is 0 Å². The summed E-state index contributed by atoms with van der Waals surface area (Å²) in [4.78, 5) is 0. The van der Waals surface area contributed by atoms with Crippen LogP contribution in [0.25, 0.3) is 0 Å². The Kier molecular flexibility index (Phi) is 3.74. The summed E-state index contributed by atoms with van der Waals surface area (Å²) in [5.74, 6) is 0.0852. The van der Waals surface area contributed by atoms with E-state index in [-0.39, 0.29) is 5.75 Å². The van der Waals surface area contributed by atoms with Gasteiger partial charge in [0.1, 0.15) is 0 Å². The van der Waals surface area contributed by atoms with Crippen molar-refractivity contribution in [1.82, 2.24) is 0 Å². The molecule has 0 saturated heterocycles. The molecule has 0 aliphatic carbocycles. The average molecular weight is 264 g/mol. The number of anilines is 1. The fourth-order valence-electron chi connectivity index (χ4n) is 0.838. The summed E-state index contributed by atoms with van der Waals surface area (Å²) in [5.41, 5.74) is 0.600. The van der Waals surface area contributed by atoms with Crippen LogP contribution in [0.2, 0.25) is 0 Å². The number of hydrogen-bond donors (Lipinski definition) is 1. The van der Waals surface area contributed by atoms with Crippen molar-refractivity contribution < 1.29 is 8.42 Å². The van der Waals surface area contributed by atoms with Crippen LogP contribution in [0.15, 0.2) is 30.3 Å². The molecule has 0 atom stereocenters. The Hall–Kier alpha value is -0.550. The summed E-state index contributed by atoms with van der Waals surface area (Å²) < 4.78 is 25.0. The molecule has 1 aromatic carbocycles. The van der Waals surface area contributed by atoms with E-state index in [1.54, 1.807) is 24.3 Å². The van der Waals surface area contributed by atoms with Crippen molar-refractivity contribution in [2.45, 2.75) is 0 Å². The minimum atomic E-state index is -3.18. The van der Waals surface area contributed by atoms with Gasteiger partial charge in [-0.1, -0.05) is 34.1 Å². The highest BCUT2D eigenvalue weighted by molar-refractivity contribution is 9.09. The van der Waals surface area contributed by atoms with Crippen LogP contribution in [0.5, 0.6) is 0 Å². The van der Waals surface area contributed by atoms with Crippen molar-refractivity contribution in [3.05, 3.63) is 30.3 Å². The molecule has 1 N–H and O–H groups in total. The van der Waals surface area contributed by atoms with Crippen LogP contribution in [0.1, 0.15) is 0 Å². The molecule has 0 spiro atoms. The van der Waals surface area contributed by atoms with Gasteiger partial charge in [0.25, 0.3) is 0 Å². The predicted molar refractivity (Wildman–Crippen MR) is 57.6 cm³/mol. The highest BCUT2D eigenvalue weighted by Crippen LogP contribution is 2.07. The zero-order chi connectivity index (χ0) is 9.73. The van der Waals surface area contributed by atoms with Gasteiger partial charge in [0.15, 0.2) is 0 Å². The maximum absolute atomic E-state index is 11.3. The highest BCUT2D eigenvalue weighted by Gasteiger charge is 2.07. The molecule has 0 radical (unpaired) electrons. The molecule has 0 aromatic heterocycles. The molecule has 0 aliphatic heterocycles. The minimum Gasteiger partial charge on any atom is -0.284 e. The Balaban J connectivity index is 2.70. The van der Waals surface area contributed by atoms with E-state index in [1.807, 2.05) is 6.07 Å².